The lowest BCUT2D eigenvalue weighted by atomic mass is 10.2. The summed E-state index contributed by atoms with van der Waals surface area (Å²) < 4.78 is 17.5. The molecule has 0 saturated carbocycles. The van der Waals surface area contributed by atoms with Crippen LogP contribution in [0.15, 0.2) is 29.3 Å². The first-order valence-electron chi connectivity index (χ1n) is 9.09. The molecule has 1 aromatic carbocycles. The van der Waals surface area contributed by atoms with Crippen molar-refractivity contribution in [2.45, 2.75) is 25.5 Å². The molecule has 1 saturated heterocycles. The number of halogens is 1. The molecule has 1 unspecified atom stereocenters. The molecule has 1 fully saturated rings. The Morgan fingerprint density at radius 1 is 1.22 bits per heavy atom. The van der Waals surface area contributed by atoms with Crippen LogP contribution < -0.4 is 15.0 Å². The van der Waals surface area contributed by atoms with E-state index in [1.165, 1.54) is 0 Å². The predicted octanol–water partition coefficient (Wildman–Crippen LogP) is 2.56. The smallest absolute Gasteiger partial charge is 0.193 e. The zero-order valence-electron chi connectivity index (χ0n) is 17.0. The van der Waals surface area contributed by atoms with Gasteiger partial charge in [-0.25, -0.2) is 0 Å². The fourth-order valence-corrected chi connectivity index (χ4v) is 3.84. The summed E-state index contributed by atoms with van der Waals surface area (Å²) >= 11 is 0. The average Bonchev–Trinajstić information content (AvgIpc) is 2.64. The number of nitrogens with zero attached hydrogens (tertiary/aromatic N) is 3. The monoisotopic (exact) mass is 508 g/mol. The van der Waals surface area contributed by atoms with Gasteiger partial charge in [-0.3, -0.25) is 9.20 Å². The number of ether oxygens (including phenoxy) is 1. The maximum absolute atomic E-state index is 12.2. The van der Waals surface area contributed by atoms with Crippen LogP contribution in [0.3, 0.4) is 0 Å². The van der Waals surface area contributed by atoms with E-state index in [-0.39, 0.29) is 28.7 Å². The molecule has 1 aliphatic heterocycles. The van der Waals surface area contributed by atoms with Crippen LogP contribution in [0, 0.1) is 0 Å². The van der Waals surface area contributed by atoms with Crippen molar-refractivity contribution in [2.75, 3.05) is 57.5 Å². The van der Waals surface area contributed by atoms with Crippen LogP contribution in [0.25, 0.3) is 0 Å². The molecule has 1 aromatic rings. The van der Waals surface area contributed by atoms with Crippen LogP contribution in [-0.2, 0) is 10.8 Å². The van der Waals surface area contributed by atoms with Crippen LogP contribution in [0.4, 0.5) is 5.69 Å². The molecule has 0 spiro atoms. The first-order chi connectivity index (χ1) is 12.4. The fourth-order valence-electron chi connectivity index (χ4n) is 2.94. The molecule has 0 amide bonds. The molecular weight excluding hydrogens is 475 g/mol. The SMILES string of the molecule is CN=C(NCCS(=O)C(C)(C)C)N1CCN(c2ccccc2OC)CC1.I. The van der Waals surface area contributed by atoms with E-state index in [2.05, 4.69) is 26.2 Å². The van der Waals surface area contributed by atoms with Crippen molar-refractivity contribution in [3.8, 4) is 5.75 Å². The van der Waals surface area contributed by atoms with Crippen LogP contribution >= 0.6 is 24.0 Å². The Kier molecular flexibility index (Phi) is 9.86. The summed E-state index contributed by atoms with van der Waals surface area (Å²) in [6.45, 7) is 10.3. The number of piperazine rings is 1. The Balaban J connectivity index is 0.00000364. The molecule has 0 radical (unpaired) electrons. The summed E-state index contributed by atoms with van der Waals surface area (Å²) in [4.78, 5) is 8.99. The van der Waals surface area contributed by atoms with Gasteiger partial charge in [-0.1, -0.05) is 12.1 Å². The molecule has 0 aromatic heterocycles. The van der Waals surface area contributed by atoms with Crippen LogP contribution in [0.2, 0.25) is 0 Å². The number of para-hydroxylation sites is 2. The van der Waals surface area contributed by atoms with E-state index in [1.807, 2.05) is 39.0 Å². The van der Waals surface area contributed by atoms with E-state index in [9.17, 15) is 4.21 Å². The normalized spacial score (nSPS) is 16.6. The summed E-state index contributed by atoms with van der Waals surface area (Å²) in [5.74, 6) is 2.42. The van der Waals surface area contributed by atoms with Crippen molar-refractivity contribution in [3.63, 3.8) is 0 Å². The van der Waals surface area contributed by atoms with E-state index >= 15 is 0 Å². The van der Waals surface area contributed by atoms with Crippen LogP contribution in [-0.4, -0.2) is 72.4 Å². The number of nitrogens with one attached hydrogen (secondary N) is 1. The number of guanidine groups is 1. The summed E-state index contributed by atoms with van der Waals surface area (Å²) in [5, 5.41) is 3.36. The molecule has 1 atom stereocenters. The van der Waals surface area contributed by atoms with Crippen molar-refractivity contribution >= 4 is 46.4 Å². The van der Waals surface area contributed by atoms with Gasteiger partial charge >= 0.3 is 0 Å². The number of hydrogen-bond donors (Lipinski definition) is 1. The van der Waals surface area contributed by atoms with E-state index in [4.69, 9.17) is 4.74 Å². The molecule has 1 N–H and O–H groups in total. The van der Waals surface area contributed by atoms with E-state index in [1.54, 1.807) is 14.2 Å². The Bertz CT molecular complexity index is 641. The van der Waals surface area contributed by atoms with E-state index in [0.717, 1.165) is 43.6 Å². The Labute approximate surface area is 183 Å². The first-order valence-corrected chi connectivity index (χ1v) is 10.4. The van der Waals surface area contributed by atoms with Gasteiger partial charge in [0.05, 0.1) is 12.8 Å². The molecule has 2 rings (SSSR count). The van der Waals surface area contributed by atoms with Crippen molar-refractivity contribution in [1.82, 2.24) is 10.2 Å². The van der Waals surface area contributed by atoms with Crippen molar-refractivity contribution in [2.24, 2.45) is 4.99 Å². The lowest BCUT2D eigenvalue weighted by molar-refractivity contribution is 0.368. The number of anilines is 1. The second-order valence-electron chi connectivity index (χ2n) is 7.28. The van der Waals surface area contributed by atoms with Crippen LogP contribution in [0.1, 0.15) is 20.8 Å². The number of methoxy groups -OCH3 is 1. The van der Waals surface area contributed by atoms with Gasteiger partial charge in [0.1, 0.15) is 5.75 Å². The quantitative estimate of drug-likeness (QED) is 0.377. The first kappa shape index (κ1) is 24.0. The van der Waals surface area contributed by atoms with Gasteiger partial charge in [-0.05, 0) is 32.9 Å². The lowest BCUT2D eigenvalue weighted by Crippen LogP contribution is -2.53. The number of rotatable bonds is 5. The van der Waals surface area contributed by atoms with E-state index in [0.29, 0.717) is 12.3 Å². The van der Waals surface area contributed by atoms with Gasteiger partial charge in [0.15, 0.2) is 5.96 Å². The third kappa shape index (κ3) is 6.81. The minimum atomic E-state index is -0.853. The van der Waals surface area contributed by atoms with Crippen molar-refractivity contribution < 1.29 is 8.95 Å². The molecule has 27 heavy (non-hydrogen) atoms. The highest BCUT2D eigenvalue weighted by Crippen LogP contribution is 2.28. The summed E-state index contributed by atoms with van der Waals surface area (Å²) in [6.07, 6.45) is 0. The Hall–Kier alpha value is -1.03. The third-order valence-electron chi connectivity index (χ3n) is 4.47. The highest BCUT2D eigenvalue weighted by Gasteiger charge is 2.22. The summed E-state index contributed by atoms with van der Waals surface area (Å²) in [6, 6.07) is 8.13. The zero-order chi connectivity index (χ0) is 19.2. The standard InChI is InChI=1S/C19H32N4O2S.HI/c1-19(2,3)26(24)15-10-21-18(20-4)23-13-11-22(12-14-23)16-8-6-7-9-17(16)25-5;/h6-9H,10-15H2,1-5H3,(H,20,21);1H. The van der Waals surface area contributed by atoms with Gasteiger partial charge in [0, 0.05) is 61.1 Å². The second kappa shape index (κ2) is 11.1. The molecule has 0 bridgehead atoms. The van der Waals surface area contributed by atoms with Gasteiger partial charge in [-0.15, -0.1) is 24.0 Å². The maximum Gasteiger partial charge on any atom is 0.193 e. The van der Waals surface area contributed by atoms with Gasteiger partial charge in [-0.2, -0.15) is 0 Å². The number of aliphatic imine (C=N–C) groups is 1. The minimum absolute atomic E-state index is 0. The third-order valence-corrected chi connectivity index (χ3v) is 6.41. The molecule has 154 valence electrons. The Morgan fingerprint density at radius 3 is 2.41 bits per heavy atom. The largest absolute Gasteiger partial charge is 0.495 e. The second-order valence-corrected chi connectivity index (χ2v) is 9.61. The molecule has 6 nitrogen and oxygen atoms in total. The van der Waals surface area contributed by atoms with Crippen LogP contribution in [0.5, 0.6) is 5.75 Å². The molecule has 0 aliphatic carbocycles. The van der Waals surface area contributed by atoms with Gasteiger partial charge in [0.2, 0.25) is 0 Å². The highest BCUT2D eigenvalue weighted by atomic mass is 127. The summed E-state index contributed by atoms with van der Waals surface area (Å²) in [5.41, 5.74) is 1.14. The van der Waals surface area contributed by atoms with Crippen molar-refractivity contribution in [3.05, 3.63) is 24.3 Å². The minimum Gasteiger partial charge on any atom is -0.495 e. The average molecular weight is 508 g/mol. The molecule has 1 aliphatic rings. The number of hydrogen-bond acceptors (Lipinski definition) is 4. The number of benzene rings is 1. The molecular formula is C19H33IN4O2S. The maximum atomic E-state index is 12.2. The van der Waals surface area contributed by atoms with Crippen molar-refractivity contribution in [1.29, 1.82) is 0 Å². The van der Waals surface area contributed by atoms with Gasteiger partial charge < -0.3 is 19.9 Å². The predicted molar refractivity (Wildman–Crippen MR) is 126 cm³/mol. The lowest BCUT2D eigenvalue weighted by Gasteiger charge is -2.38. The van der Waals surface area contributed by atoms with E-state index < -0.39 is 10.8 Å². The van der Waals surface area contributed by atoms with Gasteiger partial charge in [0.25, 0.3) is 0 Å². The zero-order valence-corrected chi connectivity index (χ0v) is 20.2. The molecule has 8 heteroatoms. The molecule has 1 heterocycles. The summed E-state index contributed by atoms with van der Waals surface area (Å²) in [7, 11) is 2.66. The topological polar surface area (TPSA) is 57.2 Å². The highest BCUT2D eigenvalue weighted by molar-refractivity contribution is 14.0. The fraction of sp³-hybridized carbons (Fsp3) is 0.632. The Morgan fingerprint density at radius 2 is 1.85 bits per heavy atom.